The monoisotopic (exact) mass is 458 g/mol. The van der Waals surface area contributed by atoms with Crippen molar-refractivity contribution in [3.63, 3.8) is 0 Å². The van der Waals surface area contributed by atoms with Crippen LogP contribution in [-0.4, -0.2) is 44.0 Å². The number of carbonyl (C=O) groups is 1. The van der Waals surface area contributed by atoms with Crippen molar-refractivity contribution in [2.75, 3.05) is 12.3 Å². The largest absolute Gasteiger partial charge is 0.494 e. The standard InChI is InChI=1S/C23H22N8O3/c1-2-15-33-18-12-10-17(11-13-18)20-19(26-30-31(20)22-21(24)28-34-29-22)23(32)27-25-14-6-9-16-7-4-3-5-8-16/h3-14H,2,15H2,1H3,(H2,24,28)(H,27,32). The van der Waals surface area contributed by atoms with E-state index in [0.29, 0.717) is 23.6 Å². The molecule has 0 aliphatic carbocycles. The van der Waals surface area contributed by atoms with Crippen molar-refractivity contribution in [1.29, 1.82) is 0 Å². The van der Waals surface area contributed by atoms with Crippen molar-refractivity contribution in [1.82, 2.24) is 30.7 Å². The molecule has 2 aromatic carbocycles. The Labute approximate surface area is 194 Å². The molecule has 0 fully saturated rings. The van der Waals surface area contributed by atoms with E-state index >= 15 is 0 Å². The van der Waals surface area contributed by atoms with Gasteiger partial charge in [-0.3, -0.25) is 4.79 Å². The maximum Gasteiger partial charge on any atom is 0.294 e. The Bertz CT molecular complexity index is 1290. The lowest BCUT2D eigenvalue weighted by molar-refractivity contribution is 0.0950. The molecule has 11 nitrogen and oxygen atoms in total. The van der Waals surface area contributed by atoms with Gasteiger partial charge in [0.15, 0.2) is 5.69 Å². The number of rotatable bonds is 9. The minimum absolute atomic E-state index is 0.00470. The van der Waals surface area contributed by atoms with Gasteiger partial charge in [0, 0.05) is 11.8 Å². The molecule has 11 heteroatoms. The second-order valence-corrected chi connectivity index (χ2v) is 7.03. The lowest BCUT2D eigenvalue weighted by Crippen LogP contribution is -2.19. The first-order valence-electron chi connectivity index (χ1n) is 10.5. The van der Waals surface area contributed by atoms with E-state index in [1.54, 1.807) is 30.3 Å². The SMILES string of the molecule is CCCOc1ccc(-c2c(C(=O)NN=CC=Cc3ccccc3)nnn2-c2nonc2N)cc1. The van der Waals surface area contributed by atoms with Gasteiger partial charge in [0.1, 0.15) is 11.4 Å². The number of benzene rings is 2. The first-order chi connectivity index (χ1) is 16.7. The summed E-state index contributed by atoms with van der Waals surface area (Å²) in [5.74, 6) is 0.257. The van der Waals surface area contributed by atoms with Crippen LogP contribution in [-0.2, 0) is 0 Å². The van der Waals surface area contributed by atoms with Crippen molar-refractivity contribution in [3.05, 3.63) is 71.9 Å². The maximum absolute atomic E-state index is 12.9. The molecular formula is C23H22N8O3. The topological polar surface area (TPSA) is 146 Å². The van der Waals surface area contributed by atoms with Crippen LogP contribution in [0.3, 0.4) is 0 Å². The first kappa shape index (κ1) is 22.4. The third kappa shape index (κ3) is 5.15. The van der Waals surface area contributed by atoms with Crippen LogP contribution in [0.5, 0.6) is 5.75 Å². The minimum Gasteiger partial charge on any atom is -0.494 e. The van der Waals surface area contributed by atoms with Crippen LogP contribution in [0.1, 0.15) is 29.4 Å². The van der Waals surface area contributed by atoms with Gasteiger partial charge in [-0.25, -0.2) is 10.1 Å². The normalized spacial score (nSPS) is 11.3. The summed E-state index contributed by atoms with van der Waals surface area (Å²) in [6.45, 7) is 2.63. The van der Waals surface area contributed by atoms with Gasteiger partial charge < -0.3 is 10.5 Å². The summed E-state index contributed by atoms with van der Waals surface area (Å²) in [4.78, 5) is 12.9. The van der Waals surface area contributed by atoms with E-state index in [2.05, 4.69) is 35.8 Å². The molecule has 1 amide bonds. The van der Waals surface area contributed by atoms with Crippen molar-refractivity contribution >= 4 is 24.0 Å². The molecule has 0 unspecified atom stereocenters. The summed E-state index contributed by atoms with van der Waals surface area (Å²) in [6.07, 6.45) is 5.93. The number of hydrogen-bond acceptors (Lipinski definition) is 9. The second kappa shape index (κ2) is 10.7. The number of ether oxygens (including phenoxy) is 1. The molecule has 0 spiro atoms. The Morgan fingerprint density at radius 1 is 1.18 bits per heavy atom. The highest BCUT2D eigenvalue weighted by molar-refractivity contribution is 5.98. The zero-order chi connectivity index (χ0) is 23.8. The molecule has 0 bridgehead atoms. The molecule has 4 rings (SSSR count). The van der Waals surface area contributed by atoms with E-state index in [1.807, 2.05) is 43.3 Å². The van der Waals surface area contributed by atoms with Gasteiger partial charge in [-0.05, 0) is 52.6 Å². The van der Waals surface area contributed by atoms with Gasteiger partial charge in [-0.15, -0.1) is 5.10 Å². The van der Waals surface area contributed by atoms with Crippen molar-refractivity contribution in [2.24, 2.45) is 5.10 Å². The van der Waals surface area contributed by atoms with E-state index in [-0.39, 0.29) is 17.3 Å². The van der Waals surface area contributed by atoms with Crippen LogP contribution >= 0.6 is 0 Å². The number of nitrogens with one attached hydrogen (secondary N) is 1. The number of carbonyl (C=O) groups excluding carboxylic acids is 1. The van der Waals surface area contributed by atoms with Gasteiger partial charge in [-0.1, -0.05) is 48.5 Å². The van der Waals surface area contributed by atoms with Gasteiger partial charge in [0.05, 0.1) is 6.61 Å². The van der Waals surface area contributed by atoms with Crippen molar-refractivity contribution in [3.8, 4) is 22.8 Å². The van der Waals surface area contributed by atoms with Crippen molar-refractivity contribution < 1.29 is 14.2 Å². The molecule has 0 radical (unpaired) electrons. The molecule has 4 aromatic rings. The highest BCUT2D eigenvalue weighted by atomic mass is 16.6. The van der Waals surface area contributed by atoms with Gasteiger partial charge >= 0.3 is 0 Å². The summed E-state index contributed by atoms with van der Waals surface area (Å²) in [7, 11) is 0. The summed E-state index contributed by atoms with van der Waals surface area (Å²) in [5, 5.41) is 19.4. The number of nitrogens with two attached hydrogens (primary N) is 1. The minimum atomic E-state index is -0.563. The van der Waals surface area contributed by atoms with Crippen LogP contribution < -0.4 is 15.9 Å². The second-order valence-electron chi connectivity index (χ2n) is 7.03. The van der Waals surface area contributed by atoms with E-state index in [1.165, 1.54) is 10.9 Å². The summed E-state index contributed by atoms with van der Waals surface area (Å²) in [5.41, 5.74) is 10.3. The smallest absolute Gasteiger partial charge is 0.294 e. The number of hydrazone groups is 1. The van der Waals surface area contributed by atoms with Crippen LogP contribution in [0.2, 0.25) is 0 Å². The molecule has 34 heavy (non-hydrogen) atoms. The van der Waals surface area contributed by atoms with Crippen LogP contribution in [0.25, 0.3) is 23.2 Å². The maximum atomic E-state index is 12.9. The number of amides is 1. The quantitative estimate of drug-likeness (QED) is 0.287. The average molecular weight is 458 g/mol. The van der Waals surface area contributed by atoms with Gasteiger partial charge in [0.2, 0.25) is 11.6 Å². The fraction of sp³-hybridized carbons (Fsp3) is 0.130. The molecule has 3 N–H and O–H groups in total. The zero-order valence-electron chi connectivity index (χ0n) is 18.3. The summed E-state index contributed by atoms with van der Waals surface area (Å²) < 4.78 is 11.6. The number of aromatic nitrogens is 5. The Hall–Kier alpha value is -4.80. The van der Waals surface area contributed by atoms with E-state index in [9.17, 15) is 4.79 Å². The van der Waals surface area contributed by atoms with Gasteiger partial charge in [0.25, 0.3) is 5.91 Å². The van der Waals surface area contributed by atoms with E-state index in [0.717, 1.165) is 12.0 Å². The Morgan fingerprint density at radius 2 is 1.97 bits per heavy atom. The third-order valence-corrected chi connectivity index (χ3v) is 4.60. The molecule has 0 saturated carbocycles. The Kier molecular flexibility index (Phi) is 7.03. The van der Waals surface area contributed by atoms with Crippen molar-refractivity contribution in [2.45, 2.75) is 13.3 Å². The number of hydrogen-bond donors (Lipinski definition) is 2. The highest BCUT2D eigenvalue weighted by Crippen LogP contribution is 2.28. The fourth-order valence-corrected chi connectivity index (χ4v) is 3.02. The Balaban J connectivity index is 1.59. The molecule has 2 heterocycles. The first-order valence-corrected chi connectivity index (χ1v) is 10.5. The summed E-state index contributed by atoms with van der Waals surface area (Å²) >= 11 is 0. The average Bonchev–Trinajstić information content (AvgIpc) is 3.49. The zero-order valence-corrected chi connectivity index (χ0v) is 18.3. The predicted molar refractivity (Wildman–Crippen MR) is 126 cm³/mol. The lowest BCUT2D eigenvalue weighted by atomic mass is 10.1. The molecule has 0 atom stereocenters. The number of nitrogens with zero attached hydrogens (tertiary/aromatic N) is 6. The lowest BCUT2D eigenvalue weighted by Gasteiger charge is -2.08. The molecular weight excluding hydrogens is 436 g/mol. The van der Waals surface area contributed by atoms with Gasteiger partial charge in [-0.2, -0.15) is 9.78 Å². The molecule has 2 aromatic heterocycles. The highest BCUT2D eigenvalue weighted by Gasteiger charge is 2.25. The third-order valence-electron chi connectivity index (χ3n) is 4.60. The summed E-state index contributed by atoms with van der Waals surface area (Å²) in [6, 6.07) is 16.9. The predicted octanol–water partition coefficient (Wildman–Crippen LogP) is 3.12. The number of anilines is 1. The van der Waals surface area contributed by atoms with E-state index < -0.39 is 5.91 Å². The molecule has 0 aliphatic heterocycles. The van der Waals surface area contributed by atoms with E-state index in [4.69, 9.17) is 10.5 Å². The number of nitrogen functional groups attached to an aromatic ring is 1. The molecule has 172 valence electrons. The molecule has 0 saturated heterocycles. The Morgan fingerprint density at radius 3 is 2.68 bits per heavy atom. The molecule has 0 aliphatic rings. The fourth-order valence-electron chi connectivity index (χ4n) is 3.02. The number of allylic oxidation sites excluding steroid dienone is 1. The van der Waals surface area contributed by atoms with Crippen LogP contribution in [0, 0.1) is 0 Å². The van der Waals surface area contributed by atoms with Crippen LogP contribution in [0.4, 0.5) is 5.82 Å². The van der Waals surface area contributed by atoms with Crippen LogP contribution in [0.15, 0.2) is 70.4 Å².